The number of benzene rings is 1. The van der Waals surface area contributed by atoms with Crippen LogP contribution < -0.4 is 14.4 Å². The maximum absolute atomic E-state index is 5.45. The molecule has 4 heterocycles. The predicted molar refractivity (Wildman–Crippen MR) is 86.3 cm³/mol. The second kappa shape index (κ2) is 5.34. The van der Waals surface area contributed by atoms with Crippen LogP contribution in [-0.4, -0.2) is 53.0 Å². The summed E-state index contributed by atoms with van der Waals surface area (Å²) in [6.45, 7) is 3.23. The third kappa shape index (κ3) is 2.15. The molecule has 3 aromatic rings. The van der Waals surface area contributed by atoms with Crippen molar-refractivity contribution in [2.24, 2.45) is 0 Å². The van der Waals surface area contributed by atoms with Gasteiger partial charge in [0.25, 0.3) is 0 Å². The van der Waals surface area contributed by atoms with Gasteiger partial charge in [-0.05, 0) is 18.2 Å². The van der Waals surface area contributed by atoms with Gasteiger partial charge in [0, 0.05) is 18.7 Å². The van der Waals surface area contributed by atoms with Crippen LogP contribution in [0.2, 0.25) is 0 Å². The van der Waals surface area contributed by atoms with Crippen molar-refractivity contribution in [3.8, 4) is 22.9 Å². The molecule has 1 N–H and O–H groups in total. The molecule has 0 aliphatic carbocycles. The molecule has 1 aromatic carbocycles. The molecule has 0 bridgehead atoms. The van der Waals surface area contributed by atoms with Gasteiger partial charge in [-0.3, -0.25) is 0 Å². The van der Waals surface area contributed by atoms with Gasteiger partial charge in [0.2, 0.25) is 6.79 Å². The van der Waals surface area contributed by atoms with E-state index in [2.05, 4.69) is 19.9 Å². The first kappa shape index (κ1) is 13.6. The van der Waals surface area contributed by atoms with Gasteiger partial charge in [-0.1, -0.05) is 0 Å². The second-order valence-electron chi connectivity index (χ2n) is 5.64. The van der Waals surface area contributed by atoms with Gasteiger partial charge >= 0.3 is 0 Å². The van der Waals surface area contributed by atoms with E-state index in [1.54, 1.807) is 6.33 Å². The molecule has 2 aliphatic rings. The number of aromatic nitrogens is 4. The first-order valence-electron chi connectivity index (χ1n) is 7.82. The number of hydrogen-bond acceptors (Lipinski definition) is 7. The molecule has 24 heavy (non-hydrogen) atoms. The zero-order chi connectivity index (χ0) is 15.9. The molecule has 0 unspecified atom stereocenters. The largest absolute Gasteiger partial charge is 0.454 e. The number of nitrogens with zero attached hydrogens (tertiary/aromatic N) is 4. The Labute approximate surface area is 137 Å². The number of aromatic amines is 1. The molecule has 2 aliphatic heterocycles. The molecule has 0 saturated carbocycles. The Kier molecular flexibility index (Phi) is 3.02. The summed E-state index contributed by atoms with van der Waals surface area (Å²) in [7, 11) is 0. The molecule has 1 fully saturated rings. The number of rotatable bonds is 2. The number of morpholine rings is 1. The summed E-state index contributed by atoms with van der Waals surface area (Å²) in [6, 6.07) is 5.72. The Morgan fingerprint density at radius 2 is 1.92 bits per heavy atom. The molecule has 5 rings (SSSR count). The van der Waals surface area contributed by atoms with Gasteiger partial charge in [0.15, 0.2) is 28.8 Å². The lowest BCUT2D eigenvalue weighted by Crippen LogP contribution is -2.37. The minimum absolute atomic E-state index is 0.247. The lowest BCUT2D eigenvalue weighted by atomic mass is 10.2. The molecule has 0 radical (unpaired) electrons. The average Bonchev–Trinajstić information content (AvgIpc) is 3.29. The Balaban J connectivity index is 1.63. The number of hydrogen-bond donors (Lipinski definition) is 1. The van der Waals surface area contributed by atoms with Crippen LogP contribution in [0.3, 0.4) is 0 Å². The normalized spacial score (nSPS) is 16.8. The molecule has 0 spiro atoms. The number of fused-ring (bicyclic) bond motifs is 2. The highest BCUT2D eigenvalue weighted by Gasteiger charge is 2.20. The molecule has 122 valence electrons. The van der Waals surface area contributed by atoms with Crippen molar-refractivity contribution in [1.29, 1.82) is 0 Å². The maximum Gasteiger partial charge on any atom is 0.231 e. The molecular formula is C16H15N5O3. The van der Waals surface area contributed by atoms with Gasteiger partial charge in [-0.2, -0.15) is 0 Å². The molecule has 0 atom stereocenters. The summed E-state index contributed by atoms with van der Waals surface area (Å²) in [5.41, 5.74) is 2.37. The Morgan fingerprint density at radius 1 is 1.04 bits per heavy atom. The van der Waals surface area contributed by atoms with Crippen molar-refractivity contribution in [2.45, 2.75) is 0 Å². The van der Waals surface area contributed by atoms with Gasteiger partial charge in [0.05, 0.1) is 19.5 Å². The van der Waals surface area contributed by atoms with Crippen molar-refractivity contribution < 1.29 is 14.2 Å². The summed E-state index contributed by atoms with van der Waals surface area (Å²) in [5, 5.41) is 0. The summed E-state index contributed by atoms with van der Waals surface area (Å²) >= 11 is 0. The van der Waals surface area contributed by atoms with E-state index in [-0.39, 0.29) is 6.79 Å². The highest BCUT2D eigenvalue weighted by Crippen LogP contribution is 2.36. The number of H-pyrrole nitrogens is 1. The number of imidazole rings is 1. The quantitative estimate of drug-likeness (QED) is 0.765. The van der Waals surface area contributed by atoms with Crippen LogP contribution >= 0.6 is 0 Å². The van der Waals surface area contributed by atoms with Gasteiger partial charge in [0.1, 0.15) is 5.52 Å². The highest BCUT2D eigenvalue weighted by molar-refractivity contribution is 5.85. The van der Waals surface area contributed by atoms with Crippen molar-refractivity contribution in [2.75, 3.05) is 38.0 Å². The number of nitrogens with one attached hydrogen (secondary N) is 1. The molecule has 0 amide bonds. The Bertz CT molecular complexity index is 904. The summed E-state index contributed by atoms with van der Waals surface area (Å²) in [6.07, 6.45) is 1.65. The molecule has 8 nitrogen and oxygen atoms in total. The third-order valence-electron chi connectivity index (χ3n) is 4.21. The lowest BCUT2D eigenvalue weighted by Gasteiger charge is -2.28. The van der Waals surface area contributed by atoms with Crippen LogP contribution in [-0.2, 0) is 4.74 Å². The van der Waals surface area contributed by atoms with Crippen LogP contribution in [0.25, 0.3) is 22.6 Å². The van der Waals surface area contributed by atoms with Crippen molar-refractivity contribution in [3.63, 3.8) is 0 Å². The van der Waals surface area contributed by atoms with Crippen molar-refractivity contribution in [1.82, 2.24) is 19.9 Å². The van der Waals surface area contributed by atoms with E-state index in [0.29, 0.717) is 30.4 Å². The van der Waals surface area contributed by atoms with Gasteiger partial charge in [-0.25, -0.2) is 15.0 Å². The maximum atomic E-state index is 5.45. The zero-order valence-electron chi connectivity index (χ0n) is 12.9. The van der Waals surface area contributed by atoms with Crippen LogP contribution in [0, 0.1) is 0 Å². The van der Waals surface area contributed by atoms with Crippen molar-refractivity contribution >= 4 is 17.0 Å². The Morgan fingerprint density at radius 3 is 2.83 bits per heavy atom. The van der Waals surface area contributed by atoms with Crippen LogP contribution in [0.15, 0.2) is 24.5 Å². The first-order chi connectivity index (χ1) is 11.9. The fourth-order valence-electron chi connectivity index (χ4n) is 2.99. The van der Waals surface area contributed by atoms with Crippen molar-refractivity contribution in [3.05, 3.63) is 24.5 Å². The van der Waals surface area contributed by atoms with E-state index in [1.807, 2.05) is 18.2 Å². The standard InChI is InChI=1S/C16H15N5O3/c1-2-11-12(24-9-23-11)7-10(1)14-19-15-13(17-8-18-15)16(20-14)21-3-5-22-6-4-21/h1-2,7-8H,3-6,9H2,(H,17,18,19,20). The monoisotopic (exact) mass is 325 g/mol. The molecule has 1 saturated heterocycles. The third-order valence-corrected chi connectivity index (χ3v) is 4.21. The second-order valence-corrected chi connectivity index (χ2v) is 5.64. The molecule has 2 aromatic heterocycles. The topological polar surface area (TPSA) is 85.4 Å². The minimum atomic E-state index is 0.247. The van der Waals surface area contributed by atoms with E-state index in [4.69, 9.17) is 19.2 Å². The van der Waals surface area contributed by atoms with E-state index in [1.165, 1.54) is 0 Å². The SMILES string of the molecule is c1nc2nc(-c3ccc4c(c3)OCO4)nc(N3CCOCC3)c2[nH]1. The predicted octanol–water partition coefficient (Wildman–Crippen LogP) is 1.59. The molecule has 8 heteroatoms. The van der Waals surface area contributed by atoms with Gasteiger partial charge < -0.3 is 24.1 Å². The zero-order valence-corrected chi connectivity index (χ0v) is 12.9. The first-order valence-corrected chi connectivity index (χ1v) is 7.82. The summed E-state index contributed by atoms with van der Waals surface area (Å²) in [4.78, 5) is 19.0. The number of anilines is 1. The van der Waals surface area contributed by atoms with Gasteiger partial charge in [-0.15, -0.1) is 0 Å². The summed E-state index contributed by atoms with van der Waals surface area (Å²) < 4.78 is 16.3. The fraction of sp³-hybridized carbons (Fsp3) is 0.312. The molecular weight excluding hydrogens is 310 g/mol. The fourth-order valence-corrected chi connectivity index (χ4v) is 2.99. The van der Waals surface area contributed by atoms with Crippen LogP contribution in [0.4, 0.5) is 5.82 Å². The number of ether oxygens (including phenoxy) is 3. The summed E-state index contributed by atoms with van der Waals surface area (Å²) in [5.74, 6) is 2.93. The van der Waals surface area contributed by atoms with E-state index >= 15 is 0 Å². The van der Waals surface area contributed by atoms with E-state index < -0.39 is 0 Å². The lowest BCUT2D eigenvalue weighted by molar-refractivity contribution is 0.122. The highest BCUT2D eigenvalue weighted by atomic mass is 16.7. The van der Waals surface area contributed by atoms with Crippen LogP contribution in [0.1, 0.15) is 0 Å². The Hall–Kier alpha value is -2.87. The van der Waals surface area contributed by atoms with E-state index in [0.717, 1.165) is 35.7 Å². The average molecular weight is 325 g/mol. The van der Waals surface area contributed by atoms with E-state index in [9.17, 15) is 0 Å². The smallest absolute Gasteiger partial charge is 0.231 e. The minimum Gasteiger partial charge on any atom is -0.454 e. The van der Waals surface area contributed by atoms with Crippen LogP contribution in [0.5, 0.6) is 11.5 Å².